The number of nitrogen functional groups attached to an aromatic ring is 2. The van der Waals surface area contributed by atoms with E-state index in [4.69, 9.17) is 44.2 Å². The lowest BCUT2D eigenvalue weighted by Crippen LogP contribution is -2.49. The molecule has 10 atom stereocenters. The number of unbranched alkanes of at least 4 members (excludes halogenated alkanes) is 1. The van der Waals surface area contributed by atoms with Crippen molar-refractivity contribution in [3.05, 3.63) is 35.4 Å². The number of anilines is 2. The van der Waals surface area contributed by atoms with E-state index in [1.54, 1.807) is 41.5 Å². The molecule has 0 aliphatic carbocycles. The van der Waals surface area contributed by atoms with Crippen molar-refractivity contribution in [3.8, 4) is 0 Å². The molecule has 5 rings (SSSR count). The van der Waals surface area contributed by atoms with E-state index in [9.17, 15) is 52.9 Å². The average Bonchev–Trinajstić information content (AvgIpc) is 3.97. The zero-order chi connectivity index (χ0) is 56.6. The molecule has 3 amide bonds. The average molecular weight is 1160 g/mol. The summed E-state index contributed by atoms with van der Waals surface area (Å²) < 4.78 is 71.3. The zero-order valence-electron chi connectivity index (χ0n) is 43.1. The Morgan fingerprint density at radius 2 is 1.53 bits per heavy atom. The maximum Gasteiger partial charge on any atom is 0.472 e. The van der Waals surface area contributed by atoms with Gasteiger partial charge in [-0.15, -0.1) is 0 Å². The molecule has 0 spiro atoms. The second kappa shape index (κ2) is 25.8. The monoisotopic (exact) mass is 1160 g/mol. The maximum atomic E-state index is 14.2. The van der Waals surface area contributed by atoms with Crippen molar-refractivity contribution in [2.45, 2.75) is 159 Å². The number of nitrogens with one attached hydrogen (secondary N) is 3. The number of nitrogens with two attached hydrogens (primary N) is 2. The second-order valence-corrected chi connectivity index (χ2v) is 26.1. The van der Waals surface area contributed by atoms with Crippen LogP contribution in [0.1, 0.15) is 100 Å². The molecule has 0 aromatic carbocycles. The van der Waals surface area contributed by atoms with Gasteiger partial charge in [0.1, 0.15) is 71.6 Å². The van der Waals surface area contributed by atoms with E-state index in [1.165, 1.54) is 44.7 Å². The van der Waals surface area contributed by atoms with Crippen molar-refractivity contribution >= 4 is 84.1 Å². The number of hydrogen-bond acceptors (Lipinski definition) is 24. The largest absolute Gasteiger partial charge is 0.472 e. The molecule has 2 aliphatic heterocycles. The summed E-state index contributed by atoms with van der Waals surface area (Å²) in [5.74, 6) is -1.55. The molecule has 5 heterocycles. The smallest absolute Gasteiger partial charge is 0.455 e. The third kappa shape index (κ3) is 19.3. The van der Waals surface area contributed by atoms with E-state index >= 15 is 0 Å². The van der Waals surface area contributed by atoms with Gasteiger partial charge in [-0.2, -0.15) is 4.98 Å². The van der Waals surface area contributed by atoms with Crippen LogP contribution in [0.5, 0.6) is 0 Å². The van der Waals surface area contributed by atoms with E-state index in [0.29, 0.717) is 0 Å². The summed E-state index contributed by atoms with van der Waals surface area (Å²) in [4.78, 5) is 112. The number of alkyl carbamates (subject to hydrolysis) is 2. The number of aliphatic hydroxyl groups is 1. The molecule has 76 heavy (non-hydrogen) atoms. The molecule has 2 saturated heterocycles. The summed E-state index contributed by atoms with van der Waals surface area (Å²) >= 11 is 0. The van der Waals surface area contributed by atoms with Crippen LogP contribution in [0.2, 0.25) is 0 Å². The quantitative estimate of drug-likeness (QED) is 0.0217. The molecular formula is C42H67N11O19P2S2. The number of aliphatic hydroxyl groups excluding tert-OH is 1. The van der Waals surface area contributed by atoms with Crippen molar-refractivity contribution in [2.75, 3.05) is 37.0 Å². The van der Waals surface area contributed by atoms with Crippen molar-refractivity contribution in [2.24, 2.45) is 0 Å². The first kappa shape index (κ1) is 62.2. The zero-order valence-corrected chi connectivity index (χ0v) is 46.5. The van der Waals surface area contributed by atoms with E-state index in [-0.39, 0.29) is 65.5 Å². The van der Waals surface area contributed by atoms with Gasteiger partial charge in [-0.3, -0.25) is 27.5 Å². The summed E-state index contributed by atoms with van der Waals surface area (Å²) in [7, 11) is -7.50. The van der Waals surface area contributed by atoms with Crippen molar-refractivity contribution in [1.82, 2.24) is 45.0 Å². The summed E-state index contributed by atoms with van der Waals surface area (Å²) in [6.45, 7) is 14.1. The van der Waals surface area contributed by atoms with Gasteiger partial charge in [0.15, 0.2) is 23.8 Å². The second-order valence-electron chi connectivity index (χ2n) is 20.3. The highest BCUT2D eigenvalue weighted by Gasteiger charge is 2.50. The van der Waals surface area contributed by atoms with Crippen LogP contribution >= 0.6 is 37.2 Å². The number of aromatic nitrogens is 6. The van der Waals surface area contributed by atoms with Crippen LogP contribution in [0.4, 0.5) is 21.2 Å². The fraction of sp³-hybridized carbons (Fsp3) is 0.690. The van der Waals surface area contributed by atoms with Crippen LogP contribution < -0.4 is 33.1 Å². The molecule has 0 radical (unpaired) electrons. The lowest BCUT2D eigenvalue weighted by Gasteiger charge is -2.26. The molecule has 34 heteroatoms. The number of nitrogens with zero attached hydrogens (tertiary/aromatic N) is 6. The van der Waals surface area contributed by atoms with Crippen LogP contribution in [-0.4, -0.2) is 157 Å². The van der Waals surface area contributed by atoms with Crippen LogP contribution in [-0.2, 0) is 56.0 Å². The van der Waals surface area contributed by atoms with Crippen LogP contribution in [0.25, 0.3) is 11.2 Å². The predicted molar refractivity (Wildman–Crippen MR) is 273 cm³/mol. The van der Waals surface area contributed by atoms with Gasteiger partial charge in [-0.1, -0.05) is 42.4 Å². The van der Waals surface area contributed by atoms with Gasteiger partial charge in [0.2, 0.25) is 5.91 Å². The molecule has 3 aromatic rings. The Bertz CT molecular complexity index is 2660. The fourth-order valence-electron chi connectivity index (χ4n) is 7.24. The highest BCUT2D eigenvalue weighted by atomic mass is 33.1. The Morgan fingerprint density at radius 3 is 2.14 bits per heavy atom. The van der Waals surface area contributed by atoms with Crippen LogP contribution in [0.3, 0.4) is 0 Å². The number of imidazole rings is 1. The molecule has 3 unspecified atom stereocenters. The summed E-state index contributed by atoms with van der Waals surface area (Å²) in [6, 6.07) is -1.17. The van der Waals surface area contributed by atoms with Crippen molar-refractivity contribution < 1.29 is 85.4 Å². The highest BCUT2D eigenvalue weighted by Crippen LogP contribution is 2.50. The number of rotatable bonds is 23. The van der Waals surface area contributed by atoms with Gasteiger partial charge >= 0.3 is 39.5 Å². The summed E-state index contributed by atoms with van der Waals surface area (Å²) in [5.41, 5.74) is 9.06. The number of hydrogen-bond donors (Lipinski definition) is 9. The number of phosphoric ester groups is 2. The van der Waals surface area contributed by atoms with Gasteiger partial charge in [0.05, 0.1) is 19.5 Å². The van der Waals surface area contributed by atoms with Gasteiger partial charge in [0.25, 0.3) is 0 Å². The first-order valence-corrected chi connectivity index (χ1v) is 28.9. The number of esters is 1. The number of phosphoric acid groups is 2. The number of fused-ring (bicyclic) bond motifs is 1. The predicted octanol–water partition coefficient (Wildman–Crippen LogP) is 2.57. The maximum absolute atomic E-state index is 14.2. The van der Waals surface area contributed by atoms with Gasteiger partial charge in [0, 0.05) is 29.7 Å². The summed E-state index contributed by atoms with van der Waals surface area (Å²) in [6.07, 6.45) is -9.24. The third-order valence-electron chi connectivity index (χ3n) is 10.4. The first-order chi connectivity index (χ1) is 35.2. The number of carbonyl (C=O) groups excluding carboxylic acids is 4. The first-order valence-electron chi connectivity index (χ1n) is 23.6. The Balaban J connectivity index is 1.33. The number of amides is 3. The molecule has 3 aromatic heterocycles. The van der Waals surface area contributed by atoms with Gasteiger partial charge in [-0.25, -0.2) is 43.3 Å². The minimum atomic E-state index is -5.30. The molecule has 2 fully saturated rings. The van der Waals surface area contributed by atoms with Gasteiger partial charge < -0.3 is 70.9 Å². The standard InChI is InChI=1S/C42H67N11O19P2S2/c1-40(2,3)70-38(58)49-22(12-10-11-14-45-34(55)23(19-75-76-42(7,8)9)50-39(59)71-41(4,5)6)36(56)69-31-26(68-35(30(31)54)53-21-48-29-32(44)46-20-47-33(29)53)18-66-74(63,64)72-24-16-28(52-15-13-27(43)51-37(52)57)67-25(24)17-65-73(60,61)62/h13,15,20-26,28,30-31,35,54H,10-12,14,16-19H2,1-9H3,(H,45,55)(H,49,58)(H,50,59)(H,63,64)(H2,43,51,57)(H2,44,46,47)(H2,60,61,62)/t22?,23?,24-,25+,26-,28+,30+,31+,35+/m0/s1. The number of carbonyl (C=O) groups is 4. The number of ether oxygens (including phenoxy) is 5. The van der Waals surface area contributed by atoms with Crippen LogP contribution in [0, 0.1) is 0 Å². The Labute approximate surface area is 444 Å². The molecular weight excluding hydrogens is 1090 g/mol. The minimum Gasteiger partial charge on any atom is -0.455 e. The fourth-order valence-corrected chi connectivity index (χ4v) is 11.0. The molecule has 426 valence electrons. The summed E-state index contributed by atoms with van der Waals surface area (Å²) in [5, 5.41) is 19.8. The molecule has 2 aliphatic rings. The SMILES string of the molecule is CC(C)(C)OC(=O)NC(CSSC(C)(C)C)C(=O)NCCCCC(NC(=O)OC(C)(C)C)C(=O)O[C@H]1[C@@H](O)[C@H](n2cnc3c(N)ncnc32)O[C@H]1COP(=O)(O)O[C@H]1C[C@H](n2ccc(N)nc2=O)O[C@@H]1COP(=O)(O)O. The highest BCUT2D eigenvalue weighted by molar-refractivity contribution is 8.77. The lowest BCUT2D eigenvalue weighted by atomic mass is 10.1. The minimum absolute atomic E-state index is 0.0280. The van der Waals surface area contributed by atoms with E-state index < -0.39 is 125 Å². The molecule has 0 saturated carbocycles. The molecule has 11 N–H and O–H groups in total. The Hall–Kier alpha value is -4.69. The third-order valence-corrected chi connectivity index (χ3v) is 15.2. The van der Waals surface area contributed by atoms with E-state index in [1.807, 2.05) is 20.8 Å². The van der Waals surface area contributed by atoms with Crippen molar-refractivity contribution in [1.29, 1.82) is 0 Å². The van der Waals surface area contributed by atoms with Crippen molar-refractivity contribution in [3.63, 3.8) is 0 Å². The van der Waals surface area contributed by atoms with Gasteiger partial charge in [-0.05, 0) is 66.9 Å². The lowest BCUT2D eigenvalue weighted by molar-refractivity contribution is -0.159. The normalized spacial score (nSPS) is 22.8. The van der Waals surface area contributed by atoms with E-state index in [2.05, 4.69) is 40.4 Å². The Kier molecular flexibility index (Phi) is 21.1. The topological polar surface area (TPSA) is 424 Å². The van der Waals surface area contributed by atoms with E-state index in [0.717, 1.165) is 10.9 Å². The Morgan fingerprint density at radius 1 is 0.882 bits per heavy atom. The molecule has 0 bridgehead atoms. The van der Waals surface area contributed by atoms with Crippen LogP contribution in [0.15, 0.2) is 29.7 Å². The molecule has 30 nitrogen and oxygen atoms in total.